The molecule has 0 aromatic heterocycles. The van der Waals surface area contributed by atoms with Gasteiger partial charge in [0.05, 0.1) is 23.1 Å². The molecule has 0 fully saturated rings. The van der Waals surface area contributed by atoms with Crippen molar-refractivity contribution in [2.24, 2.45) is 0 Å². The Hall–Kier alpha value is -2.94. The van der Waals surface area contributed by atoms with E-state index in [9.17, 15) is 37.1 Å². The lowest BCUT2D eigenvalue weighted by Gasteiger charge is -2.07. The average molecular weight is 446 g/mol. The summed E-state index contributed by atoms with van der Waals surface area (Å²) >= 11 is 0. The Bertz CT molecular complexity index is 1040. The van der Waals surface area contributed by atoms with E-state index in [1.807, 2.05) is 0 Å². The van der Waals surface area contributed by atoms with Crippen molar-refractivity contribution in [2.45, 2.75) is 16.2 Å². The van der Waals surface area contributed by atoms with Gasteiger partial charge in [-0.3, -0.25) is 28.6 Å². The molecule has 0 heterocycles. The summed E-state index contributed by atoms with van der Waals surface area (Å²) in [5, 5.41) is 21.8. The third-order valence-corrected chi connectivity index (χ3v) is 6.15. The Morgan fingerprint density at radius 1 is 0.690 bits per heavy atom. The summed E-state index contributed by atoms with van der Waals surface area (Å²) in [6.07, 6.45) is -0.222. The number of nitrogens with zero attached hydrogens (tertiary/aromatic N) is 2. The van der Waals surface area contributed by atoms with Gasteiger partial charge in [0.2, 0.25) is 0 Å². The highest BCUT2D eigenvalue weighted by molar-refractivity contribution is 7.87. The molecule has 0 saturated carbocycles. The monoisotopic (exact) mass is 446 g/mol. The second-order valence-electron chi connectivity index (χ2n) is 5.36. The van der Waals surface area contributed by atoms with Gasteiger partial charge < -0.3 is 0 Å². The molecule has 29 heavy (non-hydrogen) atoms. The van der Waals surface area contributed by atoms with Gasteiger partial charge in [0, 0.05) is 12.1 Å². The van der Waals surface area contributed by atoms with Crippen LogP contribution < -0.4 is 0 Å². The maximum Gasteiger partial charge on any atom is 0.303 e. The van der Waals surface area contributed by atoms with Crippen LogP contribution in [0.25, 0.3) is 0 Å². The highest BCUT2D eigenvalue weighted by atomic mass is 32.2. The molecule has 0 spiro atoms. The molecule has 2 aromatic rings. The van der Waals surface area contributed by atoms with Gasteiger partial charge >= 0.3 is 20.2 Å². The Kier molecular flexibility index (Phi) is 6.97. The van der Waals surface area contributed by atoms with Crippen LogP contribution in [0.1, 0.15) is 6.42 Å². The second-order valence-corrected chi connectivity index (χ2v) is 8.52. The summed E-state index contributed by atoms with van der Waals surface area (Å²) < 4.78 is 57.7. The smallest absolute Gasteiger partial charge is 0.266 e. The van der Waals surface area contributed by atoms with Crippen molar-refractivity contribution in [3.05, 3.63) is 68.8 Å². The number of rotatable bonds is 10. The van der Waals surface area contributed by atoms with Gasteiger partial charge in [-0.1, -0.05) is 24.3 Å². The fraction of sp³-hybridized carbons (Fsp3) is 0.200. The van der Waals surface area contributed by atoms with E-state index in [-0.39, 0.29) is 6.42 Å². The average Bonchev–Trinajstić information content (AvgIpc) is 2.67. The van der Waals surface area contributed by atoms with E-state index < -0.39 is 64.5 Å². The minimum atomic E-state index is -4.46. The van der Waals surface area contributed by atoms with Gasteiger partial charge in [0.1, 0.15) is 0 Å². The zero-order valence-corrected chi connectivity index (χ0v) is 16.2. The van der Waals surface area contributed by atoms with Crippen LogP contribution in [0.3, 0.4) is 0 Å². The lowest BCUT2D eigenvalue weighted by Crippen LogP contribution is -2.13. The molecule has 0 aliphatic rings. The first-order valence-electron chi connectivity index (χ1n) is 7.82. The predicted octanol–water partition coefficient (Wildman–Crippen LogP) is 2.00. The molecule has 0 atom stereocenters. The van der Waals surface area contributed by atoms with Gasteiger partial charge in [0.25, 0.3) is 11.4 Å². The van der Waals surface area contributed by atoms with Gasteiger partial charge in [-0.2, -0.15) is 16.8 Å². The molecule has 2 rings (SSSR count). The first-order valence-corrected chi connectivity index (χ1v) is 10.6. The fourth-order valence-corrected chi connectivity index (χ4v) is 4.38. The van der Waals surface area contributed by atoms with Crippen molar-refractivity contribution >= 4 is 31.6 Å². The normalized spacial score (nSPS) is 11.9. The van der Waals surface area contributed by atoms with E-state index in [1.165, 1.54) is 24.3 Å². The summed E-state index contributed by atoms with van der Waals surface area (Å²) in [6, 6.07) is 9.15. The summed E-state index contributed by atoms with van der Waals surface area (Å²) in [7, 11) is -8.92. The minimum Gasteiger partial charge on any atom is -0.266 e. The molecular formula is C15H14N2O10S2. The first kappa shape index (κ1) is 22.4. The maximum absolute atomic E-state index is 12.1. The largest absolute Gasteiger partial charge is 0.303 e. The van der Waals surface area contributed by atoms with Crippen LogP contribution in [-0.2, 0) is 28.6 Å². The third kappa shape index (κ3) is 5.54. The number of para-hydroxylation sites is 2. The molecular weight excluding hydrogens is 432 g/mol. The molecule has 12 nitrogen and oxygen atoms in total. The third-order valence-electron chi connectivity index (χ3n) is 3.43. The van der Waals surface area contributed by atoms with Crippen molar-refractivity contribution < 1.29 is 35.0 Å². The van der Waals surface area contributed by atoms with Crippen LogP contribution in [-0.4, -0.2) is 39.9 Å². The number of nitro benzene ring substituents is 2. The number of hydrogen-bond donors (Lipinski definition) is 0. The Morgan fingerprint density at radius 3 is 1.38 bits per heavy atom. The van der Waals surface area contributed by atoms with Crippen molar-refractivity contribution in [1.82, 2.24) is 0 Å². The van der Waals surface area contributed by atoms with Crippen molar-refractivity contribution in [3.8, 4) is 0 Å². The van der Waals surface area contributed by atoms with Crippen LogP contribution >= 0.6 is 0 Å². The van der Waals surface area contributed by atoms with E-state index in [2.05, 4.69) is 8.37 Å². The second kappa shape index (κ2) is 9.04. The van der Waals surface area contributed by atoms with Crippen LogP contribution in [0.15, 0.2) is 58.3 Å². The molecule has 0 amide bonds. The fourth-order valence-electron chi connectivity index (χ4n) is 2.16. The Balaban J connectivity index is 1.98. The molecule has 0 N–H and O–H groups in total. The SMILES string of the molecule is O=[N+]([O-])c1ccccc1S(=O)(=O)OCCCOS(=O)(=O)c1ccccc1[N+](=O)[O-]. The first-order chi connectivity index (χ1) is 13.6. The Labute approximate surface area is 165 Å². The number of hydrogen-bond acceptors (Lipinski definition) is 10. The topological polar surface area (TPSA) is 173 Å². The van der Waals surface area contributed by atoms with Gasteiger partial charge in [-0.25, -0.2) is 0 Å². The Morgan fingerprint density at radius 2 is 1.03 bits per heavy atom. The number of benzene rings is 2. The molecule has 0 aliphatic heterocycles. The lowest BCUT2D eigenvalue weighted by molar-refractivity contribution is -0.388. The van der Waals surface area contributed by atoms with Crippen molar-refractivity contribution in [2.75, 3.05) is 13.2 Å². The number of nitro groups is 2. The predicted molar refractivity (Wildman–Crippen MR) is 97.1 cm³/mol. The molecule has 2 aromatic carbocycles. The maximum atomic E-state index is 12.1. The standard InChI is InChI=1S/C15H14N2O10S2/c18-16(19)12-6-1-3-8-14(12)28(22,23)26-10-5-11-27-29(24,25)15-9-4-2-7-13(15)17(20)21/h1-4,6-9H,5,10-11H2. The van der Waals surface area contributed by atoms with Crippen LogP contribution in [0, 0.1) is 20.2 Å². The highest BCUT2D eigenvalue weighted by Gasteiger charge is 2.27. The molecule has 14 heteroatoms. The van der Waals surface area contributed by atoms with Crippen molar-refractivity contribution in [3.63, 3.8) is 0 Å². The summed E-state index contributed by atoms with van der Waals surface area (Å²) in [6.45, 7) is -1.05. The highest BCUT2D eigenvalue weighted by Crippen LogP contribution is 2.26. The molecule has 0 bridgehead atoms. The quantitative estimate of drug-likeness (QED) is 0.227. The van der Waals surface area contributed by atoms with Gasteiger partial charge in [-0.15, -0.1) is 0 Å². The van der Waals surface area contributed by atoms with Crippen LogP contribution in [0.2, 0.25) is 0 Å². The molecule has 0 saturated heterocycles. The zero-order valence-electron chi connectivity index (χ0n) is 14.5. The minimum absolute atomic E-state index is 0.222. The van der Waals surface area contributed by atoms with E-state index >= 15 is 0 Å². The van der Waals surface area contributed by atoms with Gasteiger partial charge in [0.15, 0.2) is 9.79 Å². The zero-order chi connectivity index (χ0) is 21.7. The van der Waals surface area contributed by atoms with E-state index in [4.69, 9.17) is 0 Å². The van der Waals surface area contributed by atoms with Gasteiger partial charge in [-0.05, 0) is 18.6 Å². The summed E-state index contributed by atoms with van der Waals surface area (Å²) in [4.78, 5) is 18.8. The molecule has 0 unspecified atom stereocenters. The van der Waals surface area contributed by atoms with Crippen molar-refractivity contribution in [1.29, 1.82) is 0 Å². The molecule has 0 radical (unpaired) electrons. The summed E-state index contributed by atoms with van der Waals surface area (Å²) in [5.41, 5.74) is -1.33. The molecule has 0 aliphatic carbocycles. The summed E-state index contributed by atoms with van der Waals surface area (Å²) in [5.74, 6) is 0. The van der Waals surface area contributed by atoms with E-state index in [0.717, 1.165) is 24.3 Å². The van der Waals surface area contributed by atoms with E-state index in [0.29, 0.717) is 0 Å². The lowest BCUT2D eigenvalue weighted by atomic mass is 10.3. The van der Waals surface area contributed by atoms with E-state index in [1.54, 1.807) is 0 Å². The molecule has 156 valence electrons. The van der Waals surface area contributed by atoms with Crippen LogP contribution in [0.5, 0.6) is 0 Å². The van der Waals surface area contributed by atoms with Crippen LogP contribution in [0.4, 0.5) is 11.4 Å².